The summed E-state index contributed by atoms with van der Waals surface area (Å²) in [5.41, 5.74) is 0.669. The number of likely N-dealkylation sites (tertiary alicyclic amines) is 1. The molecule has 1 aliphatic rings. The molecule has 3 rings (SSSR count). The highest BCUT2D eigenvalue weighted by Gasteiger charge is 2.36. The highest BCUT2D eigenvalue weighted by molar-refractivity contribution is 7.09. The molecule has 0 aromatic carbocycles. The summed E-state index contributed by atoms with van der Waals surface area (Å²) in [5, 5.41) is 8.96. The summed E-state index contributed by atoms with van der Waals surface area (Å²) in [4.78, 5) is 27.3. The Hall–Kier alpha value is -2.15. The molecule has 0 bridgehead atoms. The second kappa shape index (κ2) is 6.31. The average Bonchev–Trinajstić information content (AvgIpc) is 3.22. The van der Waals surface area contributed by atoms with Crippen LogP contribution in [0, 0.1) is 0 Å². The first-order valence-electron chi connectivity index (χ1n) is 7.32. The second-order valence-electron chi connectivity index (χ2n) is 5.23. The first kappa shape index (κ1) is 14.8. The lowest BCUT2D eigenvalue weighted by atomic mass is 10.2. The van der Waals surface area contributed by atoms with Gasteiger partial charge in [-0.3, -0.25) is 14.3 Å². The SMILES string of the molecule is CCn1cc(NC(=O)[C@H]2CCC(=O)N2Cc2cccs2)cn1. The van der Waals surface area contributed by atoms with E-state index in [9.17, 15) is 9.59 Å². The van der Waals surface area contributed by atoms with Gasteiger partial charge < -0.3 is 10.2 Å². The number of rotatable bonds is 5. The number of amides is 2. The molecule has 1 fully saturated rings. The zero-order chi connectivity index (χ0) is 15.5. The lowest BCUT2D eigenvalue weighted by molar-refractivity contribution is -0.133. The molecule has 0 unspecified atom stereocenters. The summed E-state index contributed by atoms with van der Waals surface area (Å²) < 4.78 is 1.75. The van der Waals surface area contributed by atoms with Gasteiger partial charge in [-0.2, -0.15) is 5.10 Å². The van der Waals surface area contributed by atoms with E-state index in [1.54, 1.807) is 33.3 Å². The van der Waals surface area contributed by atoms with Crippen molar-refractivity contribution in [3.63, 3.8) is 0 Å². The van der Waals surface area contributed by atoms with Crippen molar-refractivity contribution in [1.29, 1.82) is 0 Å². The van der Waals surface area contributed by atoms with E-state index in [4.69, 9.17) is 0 Å². The predicted molar refractivity (Wildman–Crippen MR) is 84.4 cm³/mol. The number of aromatic nitrogens is 2. The standard InChI is InChI=1S/C15H18N4O2S/c1-2-18-9-11(8-16-18)17-15(21)13-5-6-14(20)19(13)10-12-4-3-7-22-12/h3-4,7-9,13H,2,5-6,10H2,1H3,(H,17,21)/t13-/m1/s1. The lowest BCUT2D eigenvalue weighted by Gasteiger charge is -2.23. The highest BCUT2D eigenvalue weighted by atomic mass is 32.1. The molecule has 2 aromatic rings. The summed E-state index contributed by atoms with van der Waals surface area (Å²) in [5.74, 6) is -0.101. The van der Waals surface area contributed by atoms with Crippen LogP contribution in [0.4, 0.5) is 5.69 Å². The van der Waals surface area contributed by atoms with Crippen LogP contribution in [0.5, 0.6) is 0 Å². The number of carbonyl (C=O) groups excluding carboxylic acids is 2. The smallest absolute Gasteiger partial charge is 0.247 e. The molecule has 6 nitrogen and oxygen atoms in total. The van der Waals surface area contributed by atoms with Crippen LogP contribution in [0.15, 0.2) is 29.9 Å². The zero-order valence-corrected chi connectivity index (χ0v) is 13.2. The van der Waals surface area contributed by atoms with E-state index in [1.807, 2.05) is 24.4 Å². The van der Waals surface area contributed by atoms with E-state index in [0.717, 1.165) is 11.4 Å². The molecule has 1 saturated heterocycles. The molecular formula is C15H18N4O2S. The van der Waals surface area contributed by atoms with Crippen LogP contribution in [0.25, 0.3) is 0 Å². The minimum atomic E-state index is -0.403. The van der Waals surface area contributed by atoms with Crippen LogP contribution in [0.2, 0.25) is 0 Å². The van der Waals surface area contributed by atoms with E-state index in [-0.39, 0.29) is 11.8 Å². The Morgan fingerprint density at radius 1 is 1.55 bits per heavy atom. The molecule has 0 saturated carbocycles. The van der Waals surface area contributed by atoms with Gasteiger partial charge in [0.2, 0.25) is 11.8 Å². The molecule has 2 amide bonds. The van der Waals surface area contributed by atoms with Gasteiger partial charge in [0.25, 0.3) is 0 Å². The van der Waals surface area contributed by atoms with Crippen LogP contribution < -0.4 is 5.32 Å². The van der Waals surface area contributed by atoms with Crippen molar-refractivity contribution in [3.8, 4) is 0 Å². The topological polar surface area (TPSA) is 67.2 Å². The first-order chi connectivity index (χ1) is 10.7. The lowest BCUT2D eigenvalue weighted by Crippen LogP contribution is -2.40. The Kier molecular flexibility index (Phi) is 4.24. The third-order valence-electron chi connectivity index (χ3n) is 3.76. The third kappa shape index (κ3) is 3.04. The number of aryl methyl sites for hydroxylation is 1. The van der Waals surface area contributed by atoms with Crippen molar-refractivity contribution in [2.24, 2.45) is 0 Å². The van der Waals surface area contributed by atoms with Gasteiger partial charge >= 0.3 is 0 Å². The van der Waals surface area contributed by atoms with Crippen LogP contribution in [-0.4, -0.2) is 32.5 Å². The van der Waals surface area contributed by atoms with E-state index in [2.05, 4.69) is 10.4 Å². The molecule has 7 heteroatoms. The molecule has 116 valence electrons. The van der Waals surface area contributed by atoms with Crippen molar-refractivity contribution in [2.45, 2.75) is 38.9 Å². The molecule has 0 radical (unpaired) electrons. The molecular weight excluding hydrogens is 300 g/mol. The Labute approximate surface area is 132 Å². The fourth-order valence-corrected chi connectivity index (χ4v) is 3.30. The summed E-state index contributed by atoms with van der Waals surface area (Å²) in [6, 6.07) is 3.53. The molecule has 1 N–H and O–H groups in total. The van der Waals surface area contributed by atoms with E-state index in [1.165, 1.54) is 0 Å². The van der Waals surface area contributed by atoms with Gasteiger partial charge in [0.05, 0.1) is 18.4 Å². The molecule has 0 aliphatic carbocycles. The summed E-state index contributed by atoms with van der Waals surface area (Å²) >= 11 is 1.60. The molecule has 3 heterocycles. The Morgan fingerprint density at radius 2 is 2.41 bits per heavy atom. The van der Waals surface area contributed by atoms with Gasteiger partial charge in [-0.05, 0) is 24.8 Å². The minimum absolute atomic E-state index is 0.0396. The maximum atomic E-state index is 12.5. The number of anilines is 1. The quantitative estimate of drug-likeness (QED) is 0.918. The minimum Gasteiger partial charge on any atom is -0.326 e. The van der Waals surface area contributed by atoms with E-state index in [0.29, 0.717) is 25.1 Å². The summed E-state index contributed by atoms with van der Waals surface area (Å²) in [6.07, 6.45) is 4.41. The van der Waals surface area contributed by atoms with Gasteiger partial charge in [0.15, 0.2) is 0 Å². The summed E-state index contributed by atoms with van der Waals surface area (Å²) in [7, 11) is 0. The van der Waals surface area contributed by atoms with Crippen molar-refractivity contribution < 1.29 is 9.59 Å². The van der Waals surface area contributed by atoms with Crippen LogP contribution in [-0.2, 0) is 22.7 Å². The normalized spacial score (nSPS) is 18.0. The highest BCUT2D eigenvalue weighted by Crippen LogP contribution is 2.24. The average molecular weight is 318 g/mol. The number of nitrogens with zero attached hydrogens (tertiary/aromatic N) is 3. The second-order valence-corrected chi connectivity index (χ2v) is 6.26. The third-order valence-corrected chi connectivity index (χ3v) is 4.62. The van der Waals surface area contributed by atoms with Gasteiger partial charge in [0, 0.05) is 24.0 Å². The summed E-state index contributed by atoms with van der Waals surface area (Å²) in [6.45, 7) is 3.24. The van der Waals surface area contributed by atoms with Crippen molar-refractivity contribution in [3.05, 3.63) is 34.8 Å². The molecule has 2 aromatic heterocycles. The molecule has 1 atom stereocenters. The molecule has 22 heavy (non-hydrogen) atoms. The maximum absolute atomic E-state index is 12.5. The van der Waals surface area contributed by atoms with Gasteiger partial charge in [-0.1, -0.05) is 6.07 Å². The van der Waals surface area contributed by atoms with E-state index >= 15 is 0 Å². The van der Waals surface area contributed by atoms with Crippen LogP contribution >= 0.6 is 11.3 Å². The number of nitrogens with one attached hydrogen (secondary N) is 1. The van der Waals surface area contributed by atoms with Gasteiger partial charge in [0.1, 0.15) is 6.04 Å². The number of hydrogen-bond acceptors (Lipinski definition) is 4. The van der Waals surface area contributed by atoms with E-state index < -0.39 is 6.04 Å². The predicted octanol–water partition coefficient (Wildman–Crippen LogP) is 2.09. The Balaban J connectivity index is 1.68. The fraction of sp³-hybridized carbons (Fsp3) is 0.400. The van der Waals surface area contributed by atoms with Crippen LogP contribution in [0.1, 0.15) is 24.6 Å². The van der Waals surface area contributed by atoms with Crippen molar-refractivity contribution >= 4 is 28.8 Å². The molecule has 1 aliphatic heterocycles. The van der Waals surface area contributed by atoms with Crippen molar-refractivity contribution in [1.82, 2.24) is 14.7 Å². The number of thiophene rings is 1. The Morgan fingerprint density at radius 3 is 3.09 bits per heavy atom. The van der Waals surface area contributed by atoms with Gasteiger partial charge in [-0.25, -0.2) is 0 Å². The first-order valence-corrected chi connectivity index (χ1v) is 8.20. The van der Waals surface area contributed by atoms with Gasteiger partial charge in [-0.15, -0.1) is 11.3 Å². The Bertz CT molecular complexity index is 665. The largest absolute Gasteiger partial charge is 0.326 e. The number of hydrogen-bond donors (Lipinski definition) is 1. The maximum Gasteiger partial charge on any atom is 0.247 e. The van der Waals surface area contributed by atoms with Crippen LogP contribution in [0.3, 0.4) is 0 Å². The fourth-order valence-electron chi connectivity index (χ4n) is 2.60. The monoisotopic (exact) mass is 318 g/mol. The zero-order valence-electron chi connectivity index (χ0n) is 12.4. The van der Waals surface area contributed by atoms with Crippen molar-refractivity contribution in [2.75, 3.05) is 5.32 Å². The number of carbonyl (C=O) groups is 2. The molecule has 0 spiro atoms.